The van der Waals surface area contributed by atoms with Gasteiger partial charge in [0.25, 0.3) is 0 Å². The van der Waals surface area contributed by atoms with Crippen LogP contribution in [0, 0.1) is 0 Å². The smallest absolute Gasteiger partial charge is 0.185 e. The largest absolute Gasteiger partial charge is 0.390 e. The molecule has 1 aromatic rings. The molecule has 1 aromatic carbocycles. The van der Waals surface area contributed by atoms with Gasteiger partial charge >= 0.3 is 0 Å². The Kier molecular flexibility index (Phi) is 6.12. The number of benzene rings is 1. The predicted molar refractivity (Wildman–Crippen MR) is 75.3 cm³/mol. The maximum atomic E-state index is 10.8. The number of rotatable bonds is 6. The van der Waals surface area contributed by atoms with Gasteiger partial charge < -0.3 is 10.2 Å². The second-order valence-electron chi connectivity index (χ2n) is 4.02. The van der Waals surface area contributed by atoms with Crippen LogP contribution in [0.5, 0.6) is 0 Å². The first kappa shape index (κ1) is 15.0. The van der Waals surface area contributed by atoms with Crippen molar-refractivity contribution >= 4 is 23.0 Å². The van der Waals surface area contributed by atoms with E-state index in [0.29, 0.717) is 17.7 Å². The van der Waals surface area contributed by atoms with Gasteiger partial charge in [0.2, 0.25) is 0 Å². The van der Waals surface area contributed by atoms with E-state index < -0.39 is 12.2 Å². The molecule has 0 spiro atoms. The topological polar surface area (TPSA) is 57.5 Å². The predicted octanol–water partition coefficient (Wildman–Crippen LogP) is 2.39. The van der Waals surface area contributed by atoms with Gasteiger partial charge in [0.05, 0.1) is 6.10 Å². The number of carbonyl (C=O) groups is 1. The van der Waals surface area contributed by atoms with Crippen LogP contribution in [0.3, 0.4) is 0 Å². The summed E-state index contributed by atoms with van der Waals surface area (Å²) in [6, 6.07) is 7.24. The summed E-state index contributed by atoms with van der Waals surface area (Å²) in [5.41, 5.74) is 1.56. The van der Waals surface area contributed by atoms with Gasteiger partial charge in [-0.1, -0.05) is 42.6 Å². The molecule has 0 radical (unpaired) electrons. The van der Waals surface area contributed by atoms with Crippen LogP contribution in [0.25, 0.3) is 6.08 Å². The Morgan fingerprint density at radius 2 is 2.22 bits per heavy atom. The summed E-state index contributed by atoms with van der Waals surface area (Å²) >= 11 is 1.15. The molecule has 0 aliphatic rings. The number of carbonyl (C=O) groups excluding carboxylic acids is 1. The first-order valence-electron chi connectivity index (χ1n) is 5.76. The average Bonchev–Trinajstić information content (AvgIpc) is 2.37. The van der Waals surface area contributed by atoms with Gasteiger partial charge in [-0.2, -0.15) is 0 Å². The number of thioether (sulfide) groups is 1. The number of aliphatic hydroxyl groups excluding tert-OH is 2. The third kappa shape index (κ3) is 4.64. The highest BCUT2D eigenvalue weighted by Gasteiger charge is 2.18. The number of aliphatic hydroxyl groups is 2. The van der Waals surface area contributed by atoms with Gasteiger partial charge in [0.15, 0.2) is 5.12 Å². The monoisotopic (exact) mass is 266 g/mol. The van der Waals surface area contributed by atoms with Crippen LogP contribution in [0.1, 0.15) is 30.6 Å². The molecule has 0 saturated heterocycles. The lowest BCUT2D eigenvalue weighted by Gasteiger charge is -2.18. The Balaban J connectivity index is 2.58. The molecule has 0 aliphatic heterocycles. The van der Waals surface area contributed by atoms with Crippen molar-refractivity contribution in [2.24, 2.45) is 0 Å². The fraction of sp³-hybridized carbons (Fsp3) is 0.357. The Bertz CT molecular complexity index is 417. The Morgan fingerprint density at radius 1 is 1.50 bits per heavy atom. The van der Waals surface area contributed by atoms with Gasteiger partial charge in [-0.25, -0.2) is 0 Å². The minimum Gasteiger partial charge on any atom is -0.390 e. The van der Waals surface area contributed by atoms with Crippen molar-refractivity contribution in [2.75, 3.05) is 5.75 Å². The van der Waals surface area contributed by atoms with Crippen LogP contribution in [-0.4, -0.2) is 27.2 Å². The number of hydrogen-bond donors (Lipinski definition) is 2. The van der Waals surface area contributed by atoms with Crippen molar-refractivity contribution < 1.29 is 15.0 Å². The maximum absolute atomic E-state index is 10.8. The average molecular weight is 266 g/mol. The zero-order valence-electron chi connectivity index (χ0n) is 10.4. The first-order chi connectivity index (χ1) is 8.54. The van der Waals surface area contributed by atoms with E-state index in [-0.39, 0.29) is 5.12 Å². The van der Waals surface area contributed by atoms with Gasteiger partial charge in [0.1, 0.15) is 6.10 Å². The van der Waals surface area contributed by atoms with E-state index in [1.54, 1.807) is 18.2 Å². The molecular formula is C14H18O3S. The van der Waals surface area contributed by atoms with E-state index in [4.69, 9.17) is 0 Å². The van der Waals surface area contributed by atoms with E-state index in [0.717, 1.165) is 17.3 Å². The zero-order chi connectivity index (χ0) is 13.5. The molecule has 2 N–H and O–H groups in total. The van der Waals surface area contributed by atoms with Gasteiger partial charge in [-0.15, -0.1) is 0 Å². The summed E-state index contributed by atoms with van der Waals surface area (Å²) in [6.07, 6.45) is 0.271. The fourth-order valence-electron chi connectivity index (χ4n) is 1.57. The zero-order valence-corrected chi connectivity index (χ0v) is 11.2. The van der Waals surface area contributed by atoms with E-state index in [1.165, 1.54) is 6.92 Å². The highest BCUT2D eigenvalue weighted by atomic mass is 32.2. The molecule has 98 valence electrons. The summed E-state index contributed by atoms with van der Waals surface area (Å²) in [5, 5.41) is 19.9. The quantitative estimate of drug-likeness (QED) is 0.830. The van der Waals surface area contributed by atoms with Crippen molar-refractivity contribution in [3.05, 3.63) is 42.0 Å². The molecule has 2 unspecified atom stereocenters. The molecule has 3 nitrogen and oxygen atoms in total. The summed E-state index contributed by atoms with van der Waals surface area (Å²) in [5.74, 6) is 0.509. The molecule has 0 saturated carbocycles. The minimum absolute atomic E-state index is 0.0188. The lowest BCUT2D eigenvalue weighted by atomic mass is 10.0. The summed E-state index contributed by atoms with van der Waals surface area (Å²) < 4.78 is 0. The van der Waals surface area contributed by atoms with Gasteiger partial charge in [-0.05, 0) is 23.6 Å². The third-order valence-corrected chi connectivity index (χ3v) is 3.42. The minimum atomic E-state index is -0.933. The highest BCUT2D eigenvalue weighted by molar-refractivity contribution is 8.13. The SMILES string of the molecule is C=Cc1cccc(C(O)C(O)CCSC(C)=O)c1. The summed E-state index contributed by atoms with van der Waals surface area (Å²) in [6.45, 7) is 5.15. The van der Waals surface area contributed by atoms with Crippen molar-refractivity contribution in [1.82, 2.24) is 0 Å². The number of hydrogen-bond acceptors (Lipinski definition) is 4. The Labute approximate surface area is 112 Å². The standard InChI is InChI=1S/C14H18O3S/c1-3-11-5-4-6-12(9-11)14(17)13(16)7-8-18-10(2)15/h3-6,9,13-14,16-17H,1,7-8H2,2H3. The molecular weight excluding hydrogens is 248 g/mol. The van der Waals surface area contributed by atoms with Gasteiger partial charge in [0, 0.05) is 12.7 Å². The lowest BCUT2D eigenvalue weighted by Crippen LogP contribution is -2.19. The second kappa shape index (κ2) is 7.36. The highest BCUT2D eigenvalue weighted by Crippen LogP contribution is 2.21. The van der Waals surface area contributed by atoms with Crippen LogP contribution >= 0.6 is 11.8 Å². The van der Waals surface area contributed by atoms with Crippen molar-refractivity contribution in [2.45, 2.75) is 25.6 Å². The molecule has 0 heterocycles. The Hall–Kier alpha value is -1.10. The molecule has 4 heteroatoms. The maximum Gasteiger partial charge on any atom is 0.185 e. The van der Waals surface area contributed by atoms with Crippen LogP contribution in [0.4, 0.5) is 0 Å². The van der Waals surface area contributed by atoms with E-state index in [1.807, 2.05) is 12.1 Å². The van der Waals surface area contributed by atoms with Crippen molar-refractivity contribution in [3.8, 4) is 0 Å². The Morgan fingerprint density at radius 3 is 2.83 bits per heavy atom. The van der Waals surface area contributed by atoms with E-state index in [2.05, 4.69) is 6.58 Å². The second-order valence-corrected chi connectivity index (χ2v) is 5.29. The molecule has 0 bridgehead atoms. The molecule has 0 aliphatic carbocycles. The van der Waals surface area contributed by atoms with Crippen LogP contribution in [0.15, 0.2) is 30.8 Å². The van der Waals surface area contributed by atoms with Crippen molar-refractivity contribution in [1.29, 1.82) is 0 Å². The lowest BCUT2D eigenvalue weighted by molar-refractivity contribution is -0.109. The van der Waals surface area contributed by atoms with Crippen LogP contribution in [-0.2, 0) is 4.79 Å². The van der Waals surface area contributed by atoms with Crippen molar-refractivity contribution in [3.63, 3.8) is 0 Å². The molecule has 0 aromatic heterocycles. The molecule has 2 atom stereocenters. The molecule has 0 fully saturated rings. The first-order valence-corrected chi connectivity index (χ1v) is 6.75. The molecule has 1 rings (SSSR count). The normalized spacial score (nSPS) is 13.9. The molecule has 18 heavy (non-hydrogen) atoms. The summed E-state index contributed by atoms with van der Waals surface area (Å²) in [4.78, 5) is 10.8. The third-order valence-electron chi connectivity index (χ3n) is 2.57. The van der Waals surface area contributed by atoms with E-state index in [9.17, 15) is 15.0 Å². The fourth-order valence-corrected chi connectivity index (χ4v) is 2.22. The van der Waals surface area contributed by atoms with Crippen LogP contribution in [0.2, 0.25) is 0 Å². The molecule has 0 amide bonds. The van der Waals surface area contributed by atoms with Gasteiger partial charge in [-0.3, -0.25) is 4.79 Å². The van der Waals surface area contributed by atoms with Crippen LogP contribution < -0.4 is 0 Å². The summed E-state index contributed by atoms with van der Waals surface area (Å²) in [7, 11) is 0. The van der Waals surface area contributed by atoms with E-state index >= 15 is 0 Å².